The first-order valence-electron chi connectivity index (χ1n) is 6.51. The Labute approximate surface area is 134 Å². The van der Waals surface area contributed by atoms with Crippen molar-refractivity contribution in [3.05, 3.63) is 16.6 Å². The van der Waals surface area contributed by atoms with Crippen molar-refractivity contribution in [3.8, 4) is 5.75 Å². The molecular weight excluding hydrogens is 360 g/mol. The fourth-order valence-electron chi connectivity index (χ4n) is 1.92. The second-order valence-corrected chi connectivity index (χ2v) is 7.52. The van der Waals surface area contributed by atoms with E-state index in [0.717, 1.165) is 0 Å². The molecule has 8 heteroatoms. The molecule has 6 nitrogen and oxygen atoms in total. The van der Waals surface area contributed by atoms with Crippen LogP contribution >= 0.6 is 15.9 Å². The summed E-state index contributed by atoms with van der Waals surface area (Å²) in [5.74, 6) is 0.228. The number of rotatable bonds is 7. The van der Waals surface area contributed by atoms with E-state index in [2.05, 4.69) is 15.9 Å². The van der Waals surface area contributed by atoms with E-state index >= 15 is 0 Å². The number of benzene rings is 1. The minimum atomic E-state index is -3.76. The Bertz CT molecular complexity index is 590. The van der Waals surface area contributed by atoms with Gasteiger partial charge in [0.25, 0.3) is 0 Å². The summed E-state index contributed by atoms with van der Waals surface area (Å²) in [6, 6.07) is 2.68. The van der Waals surface area contributed by atoms with Gasteiger partial charge >= 0.3 is 0 Å². The van der Waals surface area contributed by atoms with Gasteiger partial charge in [0, 0.05) is 29.4 Å². The molecule has 0 saturated carbocycles. The van der Waals surface area contributed by atoms with E-state index in [0.29, 0.717) is 16.6 Å². The Morgan fingerprint density at radius 1 is 1.43 bits per heavy atom. The number of nitrogen functional groups attached to an aromatic ring is 1. The van der Waals surface area contributed by atoms with Gasteiger partial charge in [-0.2, -0.15) is 4.31 Å². The molecule has 0 aliphatic carbocycles. The molecule has 1 rings (SSSR count). The lowest BCUT2D eigenvalue weighted by atomic mass is 10.3. The average molecular weight is 381 g/mol. The highest BCUT2D eigenvalue weighted by Gasteiger charge is 2.30. The molecular formula is C13H21BrN2O4S. The van der Waals surface area contributed by atoms with Crippen molar-refractivity contribution in [2.75, 3.05) is 26.0 Å². The van der Waals surface area contributed by atoms with Gasteiger partial charge in [-0.05, 0) is 48.3 Å². The molecule has 0 radical (unpaired) electrons. The van der Waals surface area contributed by atoms with Gasteiger partial charge in [-0.1, -0.05) is 0 Å². The molecule has 0 aliphatic rings. The van der Waals surface area contributed by atoms with Crippen molar-refractivity contribution in [1.82, 2.24) is 4.31 Å². The molecule has 0 amide bonds. The van der Waals surface area contributed by atoms with Crippen LogP contribution in [0.3, 0.4) is 0 Å². The van der Waals surface area contributed by atoms with Crippen LogP contribution in [0.2, 0.25) is 0 Å². The summed E-state index contributed by atoms with van der Waals surface area (Å²) < 4.78 is 32.7. The predicted molar refractivity (Wildman–Crippen MR) is 85.8 cm³/mol. The third kappa shape index (κ3) is 4.09. The van der Waals surface area contributed by atoms with Crippen molar-refractivity contribution >= 4 is 31.6 Å². The van der Waals surface area contributed by atoms with E-state index in [1.807, 2.05) is 0 Å². The number of methoxy groups -OCH3 is 1. The van der Waals surface area contributed by atoms with Crippen LogP contribution in [0.15, 0.2) is 21.5 Å². The number of anilines is 1. The fraction of sp³-hybridized carbons (Fsp3) is 0.538. The maximum atomic E-state index is 12.8. The normalized spacial score (nSPS) is 12.1. The molecule has 0 spiro atoms. The van der Waals surface area contributed by atoms with Crippen molar-refractivity contribution in [2.24, 2.45) is 0 Å². The lowest BCUT2D eigenvalue weighted by Gasteiger charge is -2.26. The number of hydrogen-bond acceptors (Lipinski definition) is 5. The van der Waals surface area contributed by atoms with Crippen LogP contribution in [0.5, 0.6) is 5.75 Å². The van der Waals surface area contributed by atoms with Gasteiger partial charge in [0.15, 0.2) is 0 Å². The zero-order chi connectivity index (χ0) is 16.2. The number of sulfonamides is 1. The maximum absolute atomic E-state index is 12.8. The zero-order valence-corrected chi connectivity index (χ0v) is 14.7. The lowest BCUT2D eigenvalue weighted by molar-refractivity contribution is 0.258. The van der Waals surface area contributed by atoms with Crippen LogP contribution in [0, 0.1) is 0 Å². The maximum Gasteiger partial charge on any atom is 0.247 e. The van der Waals surface area contributed by atoms with Gasteiger partial charge < -0.3 is 15.6 Å². The van der Waals surface area contributed by atoms with Crippen LogP contribution in [0.25, 0.3) is 0 Å². The van der Waals surface area contributed by atoms with Gasteiger partial charge in [0.2, 0.25) is 10.0 Å². The average Bonchev–Trinajstić information content (AvgIpc) is 2.41. The summed E-state index contributed by atoms with van der Waals surface area (Å²) in [6.45, 7) is 3.72. The van der Waals surface area contributed by atoms with Crippen LogP contribution in [-0.2, 0) is 10.0 Å². The summed E-state index contributed by atoms with van der Waals surface area (Å²) in [5.41, 5.74) is 6.11. The third-order valence-electron chi connectivity index (χ3n) is 2.98. The van der Waals surface area contributed by atoms with Crippen molar-refractivity contribution in [1.29, 1.82) is 0 Å². The number of nitrogens with zero attached hydrogens (tertiary/aromatic N) is 1. The van der Waals surface area contributed by atoms with Crippen LogP contribution < -0.4 is 10.5 Å². The summed E-state index contributed by atoms with van der Waals surface area (Å²) in [5, 5.41) is 8.94. The molecule has 120 valence electrons. The fourth-order valence-corrected chi connectivity index (χ4v) is 4.09. The Balaban J connectivity index is 3.37. The Morgan fingerprint density at radius 2 is 2.05 bits per heavy atom. The first kappa shape index (κ1) is 18.2. The quantitative estimate of drug-likeness (QED) is 0.703. The molecule has 0 bridgehead atoms. The number of ether oxygens (including phenoxy) is 1. The minimum absolute atomic E-state index is 0.0253. The largest absolute Gasteiger partial charge is 0.495 e. The number of aliphatic hydroxyl groups excluding tert-OH is 1. The minimum Gasteiger partial charge on any atom is -0.495 e. The first-order valence-corrected chi connectivity index (χ1v) is 8.74. The van der Waals surface area contributed by atoms with Crippen LogP contribution in [0.1, 0.15) is 20.3 Å². The second kappa shape index (κ2) is 7.44. The van der Waals surface area contributed by atoms with Gasteiger partial charge in [0.05, 0.1) is 7.11 Å². The number of halogens is 1. The number of hydrogen-bond donors (Lipinski definition) is 2. The van der Waals surface area contributed by atoms with E-state index < -0.39 is 10.0 Å². The summed E-state index contributed by atoms with van der Waals surface area (Å²) in [6.07, 6.45) is 0.367. The second-order valence-electron chi connectivity index (χ2n) is 4.81. The van der Waals surface area contributed by atoms with Crippen molar-refractivity contribution < 1.29 is 18.3 Å². The summed E-state index contributed by atoms with van der Waals surface area (Å²) >= 11 is 3.25. The molecule has 0 saturated heterocycles. The molecule has 0 unspecified atom stereocenters. The highest BCUT2D eigenvalue weighted by molar-refractivity contribution is 9.10. The molecule has 0 fully saturated rings. The van der Waals surface area contributed by atoms with Gasteiger partial charge in [-0.3, -0.25) is 0 Å². The topological polar surface area (TPSA) is 92.9 Å². The molecule has 0 heterocycles. The predicted octanol–water partition coefficient (Wildman–Crippen LogP) is 1.82. The molecule has 0 aromatic heterocycles. The van der Waals surface area contributed by atoms with E-state index in [9.17, 15) is 8.42 Å². The Kier molecular flexibility index (Phi) is 6.45. The van der Waals surface area contributed by atoms with Gasteiger partial charge in [-0.25, -0.2) is 8.42 Å². The molecule has 0 atom stereocenters. The molecule has 0 aliphatic heterocycles. The van der Waals surface area contributed by atoms with Crippen LogP contribution in [0.4, 0.5) is 5.69 Å². The van der Waals surface area contributed by atoms with Crippen molar-refractivity contribution in [3.63, 3.8) is 0 Å². The SMILES string of the molecule is COc1cc(Br)c(N)cc1S(=O)(=O)N(CCCO)C(C)C. The van der Waals surface area contributed by atoms with E-state index in [4.69, 9.17) is 15.6 Å². The summed E-state index contributed by atoms with van der Waals surface area (Å²) in [7, 11) is -2.35. The standard InChI is InChI=1S/C13H21BrN2O4S/c1-9(2)16(5-4-6-17)21(18,19)13-8-11(15)10(14)7-12(13)20-3/h7-9,17H,4-6,15H2,1-3H3. The van der Waals surface area contributed by atoms with Crippen LogP contribution in [-0.4, -0.2) is 44.1 Å². The number of aliphatic hydroxyl groups is 1. The first-order chi connectivity index (χ1) is 9.75. The molecule has 1 aromatic carbocycles. The summed E-state index contributed by atoms with van der Waals surface area (Å²) in [4.78, 5) is 0.0253. The van der Waals surface area contributed by atoms with E-state index in [1.54, 1.807) is 13.8 Å². The Morgan fingerprint density at radius 3 is 2.52 bits per heavy atom. The molecule has 21 heavy (non-hydrogen) atoms. The third-order valence-corrected chi connectivity index (χ3v) is 5.77. The van der Waals surface area contributed by atoms with E-state index in [-0.39, 0.29) is 29.8 Å². The van der Waals surface area contributed by atoms with Gasteiger partial charge in [0.1, 0.15) is 10.6 Å². The number of nitrogens with two attached hydrogens (primary N) is 1. The van der Waals surface area contributed by atoms with Gasteiger partial charge in [-0.15, -0.1) is 0 Å². The highest BCUT2D eigenvalue weighted by Crippen LogP contribution is 2.34. The zero-order valence-electron chi connectivity index (χ0n) is 12.3. The van der Waals surface area contributed by atoms with E-state index in [1.165, 1.54) is 23.5 Å². The monoisotopic (exact) mass is 380 g/mol. The van der Waals surface area contributed by atoms with Crippen molar-refractivity contribution in [2.45, 2.75) is 31.2 Å². The molecule has 1 aromatic rings. The Hall–Kier alpha value is -0.830. The smallest absolute Gasteiger partial charge is 0.247 e. The molecule has 3 N–H and O–H groups in total. The highest BCUT2D eigenvalue weighted by atomic mass is 79.9. The lowest BCUT2D eigenvalue weighted by Crippen LogP contribution is -2.38.